The van der Waals surface area contributed by atoms with Gasteiger partial charge in [0.15, 0.2) is 5.13 Å². The molecule has 0 saturated carbocycles. The Morgan fingerprint density at radius 3 is 2.85 bits per heavy atom. The molecular formula is C16H16N2OS. The molecule has 0 saturated heterocycles. The highest BCUT2D eigenvalue weighted by Crippen LogP contribution is 2.27. The molecule has 0 aliphatic heterocycles. The first-order valence-electron chi connectivity index (χ1n) is 6.54. The molecule has 0 fully saturated rings. The van der Waals surface area contributed by atoms with Crippen LogP contribution in [0.25, 0.3) is 22.0 Å². The van der Waals surface area contributed by atoms with Gasteiger partial charge >= 0.3 is 0 Å². The van der Waals surface area contributed by atoms with E-state index in [2.05, 4.69) is 58.1 Å². The Balaban J connectivity index is 1.83. The van der Waals surface area contributed by atoms with Crippen molar-refractivity contribution in [3.8, 4) is 11.3 Å². The van der Waals surface area contributed by atoms with Crippen LogP contribution in [0.2, 0.25) is 0 Å². The molecule has 3 nitrogen and oxygen atoms in total. The number of benzene rings is 2. The van der Waals surface area contributed by atoms with Crippen LogP contribution in [0.5, 0.6) is 0 Å². The monoisotopic (exact) mass is 284 g/mol. The summed E-state index contributed by atoms with van der Waals surface area (Å²) in [6.45, 7) is 1.46. The second-order valence-corrected chi connectivity index (χ2v) is 5.38. The zero-order valence-corrected chi connectivity index (χ0v) is 12.1. The number of hydrogen-bond donors (Lipinski definition) is 1. The molecule has 0 amide bonds. The van der Waals surface area contributed by atoms with Gasteiger partial charge in [0.2, 0.25) is 0 Å². The summed E-state index contributed by atoms with van der Waals surface area (Å²) in [6.07, 6.45) is 0. The second-order valence-electron chi connectivity index (χ2n) is 4.52. The predicted octanol–water partition coefficient (Wildman–Crippen LogP) is 4.02. The third-order valence-electron chi connectivity index (χ3n) is 3.13. The lowest BCUT2D eigenvalue weighted by atomic mass is 10.1. The Kier molecular flexibility index (Phi) is 3.95. The van der Waals surface area contributed by atoms with E-state index in [1.165, 1.54) is 10.8 Å². The van der Waals surface area contributed by atoms with Crippen molar-refractivity contribution in [2.45, 2.75) is 0 Å². The van der Waals surface area contributed by atoms with Crippen molar-refractivity contribution in [1.82, 2.24) is 4.98 Å². The molecular weight excluding hydrogens is 268 g/mol. The Labute approximate surface area is 122 Å². The number of nitrogens with zero attached hydrogens (tertiary/aromatic N) is 1. The van der Waals surface area contributed by atoms with Crippen LogP contribution < -0.4 is 5.32 Å². The van der Waals surface area contributed by atoms with E-state index >= 15 is 0 Å². The van der Waals surface area contributed by atoms with Gasteiger partial charge in [-0.1, -0.05) is 36.4 Å². The number of fused-ring (bicyclic) bond motifs is 1. The molecule has 0 aliphatic carbocycles. The van der Waals surface area contributed by atoms with Crippen LogP contribution in [0.1, 0.15) is 0 Å². The highest BCUT2D eigenvalue weighted by atomic mass is 32.1. The van der Waals surface area contributed by atoms with E-state index < -0.39 is 0 Å². The average Bonchev–Trinajstić information content (AvgIpc) is 2.96. The highest BCUT2D eigenvalue weighted by Gasteiger charge is 2.05. The number of hydrogen-bond acceptors (Lipinski definition) is 4. The minimum atomic E-state index is 0.685. The molecule has 1 aromatic heterocycles. The molecule has 2 aromatic carbocycles. The summed E-state index contributed by atoms with van der Waals surface area (Å²) >= 11 is 1.62. The van der Waals surface area contributed by atoms with Crippen LogP contribution in [0, 0.1) is 0 Å². The first-order valence-corrected chi connectivity index (χ1v) is 7.42. The summed E-state index contributed by atoms with van der Waals surface area (Å²) in [5.41, 5.74) is 2.17. The number of ether oxygens (including phenoxy) is 1. The van der Waals surface area contributed by atoms with Crippen LogP contribution in [0.3, 0.4) is 0 Å². The summed E-state index contributed by atoms with van der Waals surface area (Å²) in [4.78, 5) is 4.61. The second kappa shape index (κ2) is 6.03. The van der Waals surface area contributed by atoms with Crippen molar-refractivity contribution in [3.63, 3.8) is 0 Å². The zero-order valence-electron chi connectivity index (χ0n) is 11.3. The van der Waals surface area contributed by atoms with Gasteiger partial charge < -0.3 is 10.1 Å². The van der Waals surface area contributed by atoms with Crippen molar-refractivity contribution in [3.05, 3.63) is 47.8 Å². The molecule has 0 bridgehead atoms. The summed E-state index contributed by atoms with van der Waals surface area (Å²) in [6, 6.07) is 14.8. The van der Waals surface area contributed by atoms with Crippen molar-refractivity contribution < 1.29 is 4.74 Å². The first kappa shape index (κ1) is 13.1. The van der Waals surface area contributed by atoms with Gasteiger partial charge in [-0.05, 0) is 16.8 Å². The van der Waals surface area contributed by atoms with E-state index in [4.69, 9.17) is 4.74 Å². The first-order chi connectivity index (χ1) is 9.86. The maximum atomic E-state index is 5.02. The molecule has 0 spiro atoms. The third kappa shape index (κ3) is 2.81. The van der Waals surface area contributed by atoms with E-state index in [1.807, 2.05) is 0 Å². The number of nitrogens with one attached hydrogen (secondary N) is 1. The maximum absolute atomic E-state index is 5.02. The molecule has 3 aromatic rings. The van der Waals surface area contributed by atoms with Gasteiger partial charge in [0.1, 0.15) is 0 Å². The van der Waals surface area contributed by atoms with Crippen molar-refractivity contribution in [2.75, 3.05) is 25.6 Å². The lowest BCUT2D eigenvalue weighted by molar-refractivity contribution is 0.211. The number of thiazole rings is 1. The van der Waals surface area contributed by atoms with Crippen molar-refractivity contribution in [1.29, 1.82) is 0 Å². The fourth-order valence-electron chi connectivity index (χ4n) is 2.10. The number of anilines is 1. The van der Waals surface area contributed by atoms with Gasteiger partial charge in [-0.25, -0.2) is 4.98 Å². The summed E-state index contributed by atoms with van der Waals surface area (Å²) in [5.74, 6) is 0. The average molecular weight is 284 g/mol. The molecule has 20 heavy (non-hydrogen) atoms. The number of rotatable bonds is 5. The quantitative estimate of drug-likeness (QED) is 0.718. The third-order valence-corrected chi connectivity index (χ3v) is 3.93. The fourth-order valence-corrected chi connectivity index (χ4v) is 2.84. The molecule has 0 aliphatic rings. The minimum absolute atomic E-state index is 0.685. The smallest absolute Gasteiger partial charge is 0.183 e. The molecule has 1 heterocycles. The highest BCUT2D eigenvalue weighted by molar-refractivity contribution is 7.14. The Bertz CT molecular complexity index is 708. The largest absolute Gasteiger partial charge is 0.383 e. The van der Waals surface area contributed by atoms with Crippen LogP contribution in [-0.4, -0.2) is 25.2 Å². The van der Waals surface area contributed by atoms with E-state index in [0.717, 1.165) is 22.9 Å². The van der Waals surface area contributed by atoms with Gasteiger partial charge in [-0.3, -0.25) is 0 Å². The van der Waals surface area contributed by atoms with Crippen molar-refractivity contribution in [2.24, 2.45) is 0 Å². The van der Waals surface area contributed by atoms with Gasteiger partial charge in [0, 0.05) is 24.6 Å². The lowest BCUT2D eigenvalue weighted by Crippen LogP contribution is -2.06. The molecule has 3 rings (SSSR count). The molecule has 1 N–H and O–H groups in total. The van der Waals surface area contributed by atoms with Gasteiger partial charge in [-0.15, -0.1) is 11.3 Å². The van der Waals surface area contributed by atoms with E-state index in [0.29, 0.717) is 6.61 Å². The Morgan fingerprint density at radius 1 is 1.15 bits per heavy atom. The number of aromatic nitrogens is 1. The van der Waals surface area contributed by atoms with Crippen LogP contribution in [-0.2, 0) is 4.74 Å². The summed E-state index contributed by atoms with van der Waals surface area (Å²) in [5, 5.41) is 8.77. The molecule has 4 heteroatoms. The SMILES string of the molecule is COCCNc1nc(-c2ccc3ccccc3c2)cs1. The standard InChI is InChI=1S/C16H16N2OS/c1-19-9-8-17-16-18-15(11-20-16)14-7-6-12-4-2-3-5-13(12)10-14/h2-7,10-11H,8-9H2,1H3,(H,17,18). The Morgan fingerprint density at radius 2 is 2.00 bits per heavy atom. The van der Waals surface area contributed by atoms with Crippen LogP contribution in [0.15, 0.2) is 47.8 Å². The molecule has 102 valence electrons. The normalized spacial score (nSPS) is 10.8. The van der Waals surface area contributed by atoms with Gasteiger partial charge in [0.05, 0.1) is 12.3 Å². The summed E-state index contributed by atoms with van der Waals surface area (Å²) in [7, 11) is 1.70. The number of methoxy groups -OCH3 is 1. The summed E-state index contributed by atoms with van der Waals surface area (Å²) < 4.78 is 5.02. The fraction of sp³-hybridized carbons (Fsp3) is 0.188. The topological polar surface area (TPSA) is 34.1 Å². The molecule has 0 unspecified atom stereocenters. The van der Waals surface area contributed by atoms with E-state index in [9.17, 15) is 0 Å². The lowest BCUT2D eigenvalue weighted by Gasteiger charge is -2.02. The van der Waals surface area contributed by atoms with E-state index in [-0.39, 0.29) is 0 Å². The zero-order chi connectivity index (χ0) is 13.8. The molecule has 0 atom stereocenters. The molecule has 0 radical (unpaired) electrons. The Hall–Kier alpha value is -1.91. The predicted molar refractivity (Wildman–Crippen MR) is 85.4 cm³/mol. The van der Waals surface area contributed by atoms with Crippen LogP contribution >= 0.6 is 11.3 Å². The maximum Gasteiger partial charge on any atom is 0.183 e. The van der Waals surface area contributed by atoms with Crippen LogP contribution in [0.4, 0.5) is 5.13 Å². The van der Waals surface area contributed by atoms with E-state index in [1.54, 1.807) is 18.4 Å². The van der Waals surface area contributed by atoms with Crippen molar-refractivity contribution >= 4 is 27.2 Å². The van der Waals surface area contributed by atoms with Gasteiger partial charge in [-0.2, -0.15) is 0 Å². The van der Waals surface area contributed by atoms with Gasteiger partial charge in [0.25, 0.3) is 0 Å². The minimum Gasteiger partial charge on any atom is -0.383 e.